The highest BCUT2D eigenvalue weighted by Gasteiger charge is 2.27. The number of anilines is 1. The number of rotatable bonds is 11. The van der Waals surface area contributed by atoms with Crippen molar-refractivity contribution in [1.82, 2.24) is 5.32 Å². The molecule has 1 N–H and O–H groups in total. The van der Waals surface area contributed by atoms with E-state index in [1.807, 2.05) is 44.2 Å². The van der Waals surface area contributed by atoms with Crippen molar-refractivity contribution in [3.63, 3.8) is 0 Å². The minimum Gasteiger partial charge on any atom is -0.494 e. The summed E-state index contributed by atoms with van der Waals surface area (Å²) in [5.74, 6) is 0.886. The van der Waals surface area contributed by atoms with Crippen molar-refractivity contribution < 1.29 is 22.7 Å². The number of ether oxygens (including phenoxy) is 2. The average Bonchev–Trinajstić information content (AvgIpc) is 2.82. The van der Waals surface area contributed by atoms with Gasteiger partial charge in [-0.05, 0) is 62.4 Å². The molecule has 0 saturated heterocycles. The molecular weight excluding hydrogens is 440 g/mol. The summed E-state index contributed by atoms with van der Waals surface area (Å²) in [6.07, 6.45) is 0. The number of amides is 1. The molecule has 0 atom stereocenters. The number of nitrogens with one attached hydrogen (secondary N) is 1. The fraction of sp³-hybridized carbons (Fsp3) is 0.240. The molecule has 0 aliphatic carbocycles. The number of carbonyl (C=O) groups excluding carboxylic acids is 1. The zero-order valence-electron chi connectivity index (χ0n) is 18.7. The second-order valence-electron chi connectivity index (χ2n) is 7.26. The zero-order chi connectivity index (χ0) is 23.7. The molecule has 3 aromatic rings. The van der Waals surface area contributed by atoms with Crippen LogP contribution in [0.25, 0.3) is 0 Å². The molecular formula is C25H28N2O5S. The van der Waals surface area contributed by atoms with Crippen LogP contribution >= 0.6 is 0 Å². The first-order valence-electron chi connectivity index (χ1n) is 10.7. The maximum absolute atomic E-state index is 13.4. The van der Waals surface area contributed by atoms with Crippen molar-refractivity contribution in [1.29, 1.82) is 0 Å². The summed E-state index contributed by atoms with van der Waals surface area (Å²) < 4.78 is 38.9. The van der Waals surface area contributed by atoms with Gasteiger partial charge in [-0.2, -0.15) is 0 Å². The van der Waals surface area contributed by atoms with Gasteiger partial charge >= 0.3 is 0 Å². The van der Waals surface area contributed by atoms with Crippen molar-refractivity contribution in [3.8, 4) is 11.5 Å². The van der Waals surface area contributed by atoms with Crippen molar-refractivity contribution >= 4 is 21.6 Å². The van der Waals surface area contributed by atoms with Crippen LogP contribution in [0.5, 0.6) is 11.5 Å². The molecule has 0 aliphatic rings. The molecule has 1 amide bonds. The van der Waals surface area contributed by atoms with Crippen molar-refractivity contribution in [3.05, 3.63) is 84.4 Å². The zero-order valence-corrected chi connectivity index (χ0v) is 19.5. The lowest BCUT2D eigenvalue weighted by atomic mass is 10.2. The molecule has 0 fully saturated rings. The lowest BCUT2D eigenvalue weighted by Crippen LogP contribution is -2.41. The number of sulfonamides is 1. The first-order valence-corrected chi connectivity index (χ1v) is 12.1. The normalized spacial score (nSPS) is 11.0. The predicted molar refractivity (Wildman–Crippen MR) is 128 cm³/mol. The maximum atomic E-state index is 13.4. The van der Waals surface area contributed by atoms with Gasteiger partial charge in [0.05, 0.1) is 23.7 Å². The molecule has 174 valence electrons. The highest BCUT2D eigenvalue weighted by molar-refractivity contribution is 7.92. The Hall–Kier alpha value is -3.52. The van der Waals surface area contributed by atoms with Gasteiger partial charge in [0.2, 0.25) is 5.91 Å². The molecule has 3 aromatic carbocycles. The van der Waals surface area contributed by atoms with E-state index in [1.165, 1.54) is 12.1 Å². The molecule has 0 heterocycles. The third-order valence-electron chi connectivity index (χ3n) is 4.77. The highest BCUT2D eigenvalue weighted by Crippen LogP contribution is 2.26. The Morgan fingerprint density at radius 3 is 2.15 bits per heavy atom. The highest BCUT2D eigenvalue weighted by atomic mass is 32.2. The Labute approximate surface area is 195 Å². The molecule has 0 unspecified atom stereocenters. The molecule has 0 saturated carbocycles. The fourth-order valence-electron chi connectivity index (χ4n) is 3.09. The van der Waals surface area contributed by atoms with Gasteiger partial charge < -0.3 is 14.8 Å². The summed E-state index contributed by atoms with van der Waals surface area (Å²) in [5.41, 5.74) is 1.31. The molecule has 0 bridgehead atoms. The Morgan fingerprint density at radius 1 is 0.879 bits per heavy atom. The number of aryl methyl sites for hydroxylation is 1. The molecule has 0 aromatic heterocycles. The quantitative estimate of drug-likeness (QED) is 0.433. The van der Waals surface area contributed by atoms with Crippen molar-refractivity contribution in [2.45, 2.75) is 18.7 Å². The third kappa shape index (κ3) is 6.73. The third-order valence-corrected chi connectivity index (χ3v) is 6.56. The number of benzene rings is 3. The van der Waals surface area contributed by atoms with Crippen LogP contribution in [0, 0.1) is 6.92 Å². The van der Waals surface area contributed by atoms with Crippen LogP contribution in [0.4, 0.5) is 5.69 Å². The summed E-state index contributed by atoms with van der Waals surface area (Å²) in [7, 11) is -3.96. The number of nitrogens with zero attached hydrogens (tertiary/aromatic N) is 1. The van der Waals surface area contributed by atoms with E-state index in [-0.39, 0.29) is 24.6 Å². The summed E-state index contributed by atoms with van der Waals surface area (Å²) in [4.78, 5) is 12.8. The van der Waals surface area contributed by atoms with Gasteiger partial charge in [-0.3, -0.25) is 9.10 Å². The summed E-state index contributed by atoms with van der Waals surface area (Å²) >= 11 is 0. The summed E-state index contributed by atoms with van der Waals surface area (Å²) in [6, 6.07) is 22.4. The number of hydrogen-bond donors (Lipinski definition) is 1. The number of hydrogen-bond acceptors (Lipinski definition) is 5. The maximum Gasteiger partial charge on any atom is 0.264 e. The van der Waals surface area contributed by atoms with E-state index < -0.39 is 15.9 Å². The standard InChI is InChI=1S/C25H28N2O5S/c1-3-31-23-13-11-21(12-14-23)27(33(29,30)24-15-9-20(2)10-16-24)19-25(28)26-17-18-32-22-7-5-4-6-8-22/h4-16H,3,17-19H2,1-2H3,(H,26,28). The molecule has 7 nitrogen and oxygen atoms in total. The predicted octanol–water partition coefficient (Wildman–Crippen LogP) is 3.78. The van der Waals surface area contributed by atoms with Crippen molar-refractivity contribution in [2.75, 3.05) is 30.6 Å². The fourth-order valence-corrected chi connectivity index (χ4v) is 4.51. The molecule has 33 heavy (non-hydrogen) atoms. The molecule has 0 radical (unpaired) electrons. The minimum absolute atomic E-state index is 0.113. The van der Waals surface area contributed by atoms with Crippen LogP contribution in [-0.2, 0) is 14.8 Å². The van der Waals surface area contributed by atoms with Gasteiger partial charge in [0.1, 0.15) is 24.7 Å². The molecule has 3 rings (SSSR count). The Bertz CT molecular complexity index is 1130. The van der Waals surface area contributed by atoms with E-state index in [0.717, 1.165) is 9.87 Å². The lowest BCUT2D eigenvalue weighted by molar-refractivity contribution is -0.119. The average molecular weight is 469 g/mol. The molecule has 0 spiro atoms. The lowest BCUT2D eigenvalue weighted by Gasteiger charge is -2.24. The second-order valence-corrected chi connectivity index (χ2v) is 9.13. The second kappa shape index (κ2) is 11.4. The van der Waals surface area contributed by atoms with E-state index in [0.29, 0.717) is 23.8 Å². The monoisotopic (exact) mass is 468 g/mol. The number of carbonyl (C=O) groups is 1. The smallest absolute Gasteiger partial charge is 0.264 e. The first-order chi connectivity index (χ1) is 15.9. The molecule has 0 aliphatic heterocycles. The van der Waals surface area contributed by atoms with Gasteiger partial charge in [-0.1, -0.05) is 35.9 Å². The van der Waals surface area contributed by atoms with Crippen LogP contribution in [-0.4, -0.2) is 40.6 Å². The van der Waals surface area contributed by atoms with Crippen LogP contribution < -0.4 is 19.1 Å². The Morgan fingerprint density at radius 2 is 1.52 bits per heavy atom. The largest absolute Gasteiger partial charge is 0.494 e. The van der Waals surface area contributed by atoms with E-state index in [2.05, 4.69) is 5.32 Å². The van der Waals surface area contributed by atoms with E-state index in [1.54, 1.807) is 36.4 Å². The first kappa shape index (κ1) is 24.1. The van der Waals surface area contributed by atoms with E-state index in [9.17, 15) is 13.2 Å². The summed E-state index contributed by atoms with van der Waals surface area (Å²) in [5, 5.41) is 2.72. The topological polar surface area (TPSA) is 84.9 Å². The Kier molecular flexibility index (Phi) is 8.32. The summed E-state index contributed by atoms with van der Waals surface area (Å²) in [6.45, 7) is 4.39. The van der Waals surface area contributed by atoms with Gasteiger partial charge in [0.25, 0.3) is 10.0 Å². The van der Waals surface area contributed by atoms with Gasteiger partial charge in [0.15, 0.2) is 0 Å². The van der Waals surface area contributed by atoms with Gasteiger partial charge in [-0.25, -0.2) is 8.42 Å². The van der Waals surface area contributed by atoms with Crippen molar-refractivity contribution in [2.24, 2.45) is 0 Å². The van der Waals surface area contributed by atoms with E-state index >= 15 is 0 Å². The van der Waals surface area contributed by atoms with Crippen LogP contribution in [0.2, 0.25) is 0 Å². The van der Waals surface area contributed by atoms with Crippen LogP contribution in [0.1, 0.15) is 12.5 Å². The van der Waals surface area contributed by atoms with Crippen LogP contribution in [0.3, 0.4) is 0 Å². The SMILES string of the molecule is CCOc1ccc(N(CC(=O)NCCOc2ccccc2)S(=O)(=O)c2ccc(C)cc2)cc1. The minimum atomic E-state index is -3.96. The van der Waals surface area contributed by atoms with Crippen LogP contribution in [0.15, 0.2) is 83.8 Å². The Balaban J connectivity index is 1.73. The number of para-hydroxylation sites is 1. The molecule has 8 heteroatoms. The van der Waals surface area contributed by atoms with Gasteiger partial charge in [-0.15, -0.1) is 0 Å². The van der Waals surface area contributed by atoms with Gasteiger partial charge in [0, 0.05) is 0 Å². The van der Waals surface area contributed by atoms with E-state index in [4.69, 9.17) is 9.47 Å².